The summed E-state index contributed by atoms with van der Waals surface area (Å²) < 4.78 is 88.3. The van der Waals surface area contributed by atoms with Crippen molar-refractivity contribution in [1.82, 2.24) is 5.32 Å². The molecule has 1 unspecified atom stereocenters. The Kier molecular flexibility index (Phi) is 7.13. The van der Waals surface area contributed by atoms with E-state index in [1.165, 1.54) is 30.6 Å². The van der Waals surface area contributed by atoms with Gasteiger partial charge in [0.25, 0.3) is 5.91 Å². The van der Waals surface area contributed by atoms with Crippen molar-refractivity contribution in [2.24, 2.45) is 0 Å². The second-order valence-electron chi connectivity index (χ2n) is 7.30. The van der Waals surface area contributed by atoms with Gasteiger partial charge in [-0.25, -0.2) is 4.79 Å². The molecule has 12 heteroatoms. The van der Waals surface area contributed by atoms with Crippen LogP contribution in [0.1, 0.15) is 21.5 Å². The monoisotopic (exact) mass is 501 g/mol. The van der Waals surface area contributed by atoms with Gasteiger partial charge in [-0.2, -0.15) is 26.3 Å². The van der Waals surface area contributed by atoms with Crippen LogP contribution in [0.2, 0.25) is 0 Å². The van der Waals surface area contributed by atoms with Crippen molar-refractivity contribution in [3.8, 4) is 11.5 Å². The Labute approximate surface area is 194 Å². The third-order valence-corrected chi connectivity index (χ3v) is 4.94. The summed E-state index contributed by atoms with van der Waals surface area (Å²) in [5.74, 6) is -3.42. The van der Waals surface area contributed by atoms with Crippen LogP contribution in [0.15, 0.2) is 54.6 Å². The minimum atomic E-state index is -5.26. The SMILES string of the molecule is COc1ccc2c(OCc3ccc(C(F)(F)F)cc3)c(C(=O)NC(C(=O)O)C(F)(F)F)ccc2c1. The number of halogens is 6. The molecule has 0 fully saturated rings. The number of alkyl halides is 6. The Morgan fingerprint density at radius 2 is 1.63 bits per heavy atom. The van der Waals surface area contributed by atoms with Crippen LogP contribution in [-0.2, 0) is 17.6 Å². The van der Waals surface area contributed by atoms with Crippen LogP contribution in [0.4, 0.5) is 26.3 Å². The highest BCUT2D eigenvalue weighted by molar-refractivity contribution is 6.05. The Morgan fingerprint density at radius 1 is 0.971 bits per heavy atom. The predicted molar refractivity (Wildman–Crippen MR) is 111 cm³/mol. The molecule has 0 spiro atoms. The van der Waals surface area contributed by atoms with Gasteiger partial charge in [0.05, 0.1) is 18.2 Å². The van der Waals surface area contributed by atoms with Gasteiger partial charge >= 0.3 is 18.3 Å². The van der Waals surface area contributed by atoms with Gasteiger partial charge in [0, 0.05) is 5.39 Å². The molecule has 3 rings (SSSR count). The maximum Gasteiger partial charge on any atom is 0.419 e. The highest BCUT2D eigenvalue weighted by Gasteiger charge is 2.46. The number of carbonyl (C=O) groups excluding carboxylic acids is 1. The van der Waals surface area contributed by atoms with Crippen molar-refractivity contribution in [1.29, 1.82) is 0 Å². The first-order chi connectivity index (χ1) is 16.3. The quantitative estimate of drug-likeness (QED) is 0.436. The van der Waals surface area contributed by atoms with Crippen LogP contribution in [0.3, 0.4) is 0 Å². The lowest BCUT2D eigenvalue weighted by atomic mass is 10.0. The zero-order chi connectivity index (χ0) is 26.0. The highest BCUT2D eigenvalue weighted by atomic mass is 19.4. The summed E-state index contributed by atoms with van der Waals surface area (Å²) in [6, 6.07) is 7.91. The molecule has 0 aromatic heterocycles. The van der Waals surface area contributed by atoms with E-state index in [9.17, 15) is 35.9 Å². The number of methoxy groups -OCH3 is 1. The van der Waals surface area contributed by atoms with E-state index in [1.54, 1.807) is 6.07 Å². The second-order valence-corrected chi connectivity index (χ2v) is 7.30. The number of amides is 1. The normalized spacial score (nSPS) is 12.8. The fourth-order valence-electron chi connectivity index (χ4n) is 3.18. The molecule has 6 nitrogen and oxygen atoms in total. The molecule has 35 heavy (non-hydrogen) atoms. The molecule has 3 aromatic rings. The van der Waals surface area contributed by atoms with Crippen molar-refractivity contribution in [2.75, 3.05) is 7.11 Å². The molecule has 0 saturated carbocycles. The van der Waals surface area contributed by atoms with Gasteiger partial charge in [-0.1, -0.05) is 18.2 Å². The maximum absolute atomic E-state index is 13.0. The van der Waals surface area contributed by atoms with E-state index in [2.05, 4.69) is 0 Å². The summed E-state index contributed by atoms with van der Waals surface area (Å²) in [6.45, 7) is -0.328. The lowest BCUT2D eigenvalue weighted by Crippen LogP contribution is -2.50. The number of carboxylic acid groups (broad SMARTS) is 1. The summed E-state index contributed by atoms with van der Waals surface area (Å²) in [7, 11) is 1.41. The molecule has 2 N–H and O–H groups in total. The van der Waals surface area contributed by atoms with Crippen LogP contribution in [0.25, 0.3) is 10.8 Å². The van der Waals surface area contributed by atoms with Crippen molar-refractivity contribution in [3.05, 3.63) is 71.3 Å². The molecule has 0 bridgehead atoms. The van der Waals surface area contributed by atoms with Crippen LogP contribution in [-0.4, -0.2) is 36.3 Å². The number of ether oxygens (including phenoxy) is 2. The third kappa shape index (κ3) is 5.94. The van der Waals surface area contributed by atoms with E-state index < -0.39 is 41.4 Å². The van der Waals surface area contributed by atoms with Gasteiger partial charge in [0.2, 0.25) is 6.04 Å². The predicted octanol–water partition coefficient (Wildman–Crippen LogP) is 5.19. The first-order valence-electron chi connectivity index (χ1n) is 9.81. The van der Waals surface area contributed by atoms with Crippen molar-refractivity contribution in [2.45, 2.75) is 25.0 Å². The Morgan fingerprint density at radius 3 is 2.17 bits per heavy atom. The zero-order valence-corrected chi connectivity index (χ0v) is 17.8. The number of hydrogen-bond donors (Lipinski definition) is 2. The van der Waals surface area contributed by atoms with Gasteiger partial charge < -0.3 is 19.9 Å². The summed E-state index contributed by atoms with van der Waals surface area (Å²) >= 11 is 0. The first kappa shape index (κ1) is 25.7. The average molecular weight is 501 g/mol. The van der Waals surface area contributed by atoms with Gasteiger partial charge in [0.15, 0.2) is 0 Å². The van der Waals surface area contributed by atoms with Gasteiger partial charge in [0.1, 0.15) is 18.1 Å². The standard InChI is InChI=1S/C23H17F6NO5/c1-34-15-7-9-16-13(10-15)4-8-17(20(31)30-19(21(32)33)23(27,28)29)18(16)35-11-12-2-5-14(6-3-12)22(24,25)26/h2-10,19H,11H2,1H3,(H,30,31)(H,32,33). The maximum atomic E-state index is 13.0. The molecule has 3 aromatic carbocycles. The first-order valence-corrected chi connectivity index (χ1v) is 9.81. The van der Waals surface area contributed by atoms with E-state index in [1.807, 2.05) is 0 Å². The minimum absolute atomic E-state index is 0.186. The van der Waals surface area contributed by atoms with E-state index in [4.69, 9.17) is 14.6 Å². The largest absolute Gasteiger partial charge is 0.497 e. The van der Waals surface area contributed by atoms with E-state index in [-0.39, 0.29) is 23.3 Å². The van der Waals surface area contributed by atoms with Crippen LogP contribution < -0.4 is 14.8 Å². The van der Waals surface area contributed by atoms with Gasteiger partial charge in [-0.05, 0) is 47.3 Å². The molecule has 186 valence electrons. The molecule has 1 atom stereocenters. The number of aliphatic carboxylic acids is 1. The van der Waals surface area contributed by atoms with E-state index in [0.29, 0.717) is 11.1 Å². The number of hydrogen-bond acceptors (Lipinski definition) is 4. The molecular weight excluding hydrogens is 484 g/mol. The topological polar surface area (TPSA) is 84.9 Å². The molecule has 0 saturated heterocycles. The summed E-state index contributed by atoms with van der Waals surface area (Å²) in [5.41, 5.74) is -0.996. The zero-order valence-electron chi connectivity index (χ0n) is 17.8. The van der Waals surface area contributed by atoms with E-state index in [0.717, 1.165) is 30.3 Å². The number of carbonyl (C=O) groups is 2. The van der Waals surface area contributed by atoms with Crippen molar-refractivity contribution < 1.29 is 50.5 Å². The van der Waals surface area contributed by atoms with Crippen LogP contribution >= 0.6 is 0 Å². The molecule has 0 aliphatic rings. The van der Waals surface area contributed by atoms with E-state index >= 15 is 0 Å². The third-order valence-electron chi connectivity index (χ3n) is 4.94. The van der Waals surface area contributed by atoms with Gasteiger partial charge in [-0.3, -0.25) is 4.79 Å². The summed E-state index contributed by atoms with van der Waals surface area (Å²) in [6.07, 6.45) is -9.80. The van der Waals surface area contributed by atoms with Crippen LogP contribution in [0.5, 0.6) is 11.5 Å². The Hall–Kier alpha value is -3.96. The summed E-state index contributed by atoms with van der Waals surface area (Å²) in [5, 5.41) is 11.1. The van der Waals surface area contributed by atoms with Gasteiger partial charge in [-0.15, -0.1) is 0 Å². The second kappa shape index (κ2) is 9.72. The summed E-state index contributed by atoms with van der Waals surface area (Å²) in [4.78, 5) is 23.7. The molecule has 1 amide bonds. The fourth-order valence-corrected chi connectivity index (χ4v) is 3.18. The Balaban J connectivity index is 1.99. The number of rotatable bonds is 7. The number of nitrogens with one attached hydrogen (secondary N) is 1. The number of carboxylic acids is 1. The Bertz CT molecular complexity index is 1240. The molecule has 0 radical (unpaired) electrons. The van der Waals surface area contributed by atoms with Crippen molar-refractivity contribution >= 4 is 22.6 Å². The van der Waals surface area contributed by atoms with Crippen LogP contribution in [0, 0.1) is 0 Å². The molecular formula is C23H17F6NO5. The molecule has 0 aliphatic heterocycles. The lowest BCUT2D eigenvalue weighted by Gasteiger charge is -2.19. The number of benzene rings is 3. The average Bonchev–Trinajstić information content (AvgIpc) is 2.79. The van der Waals surface area contributed by atoms with Crippen molar-refractivity contribution in [3.63, 3.8) is 0 Å². The smallest absolute Gasteiger partial charge is 0.419 e. The minimum Gasteiger partial charge on any atom is -0.497 e. The molecule has 0 heterocycles. The highest BCUT2D eigenvalue weighted by Crippen LogP contribution is 2.34. The fraction of sp³-hybridized carbons (Fsp3) is 0.217. The lowest BCUT2D eigenvalue weighted by molar-refractivity contribution is -0.178. The molecule has 0 aliphatic carbocycles. The number of fused-ring (bicyclic) bond motifs is 1.